The number of amides is 2. The first-order valence-corrected chi connectivity index (χ1v) is 4.86. The van der Waals surface area contributed by atoms with E-state index in [0.29, 0.717) is 12.5 Å². The molecule has 0 aliphatic carbocycles. The van der Waals surface area contributed by atoms with Crippen molar-refractivity contribution >= 4 is 11.8 Å². The van der Waals surface area contributed by atoms with Crippen molar-refractivity contribution in [3.05, 3.63) is 0 Å². The Labute approximate surface area is 83.4 Å². The van der Waals surface area contributed by atoms with Crippen molar-refractivity contribution in [1.82, 2.24) is 10.6 Å². The molecule has 1 aliphatic heterocycles. The molecule has 1 aliphatic rings. The molecule has 0 aromatic carbocycles. The quantitative estimate of drug-likeness (QED) is 0.535. The van der Waals surface area contributed by atoms with Gasteiger partial charge < -0.3 is 16.4 Å². The molecule has 0 aromatic heterocycles. The average Bonchev–Trinajstić information content (AvgIpc) is 2.14. The van der Waals surface area contributed by atoms with E-state index in [1.165, 1.54) is 0 Å². The molecule has 1 saturated heterocycles. The Bertz CT molecular complexity index is 230. The molecule has 1 fully saturated rings. The SMILES string of the molecule is CC1CNCC(C(=O)NCC(N)=O)C1. The Hall–Kier alpha value is -1.10. The Morgan fingerprint density at radius 3 is 2.79 bits per heavy atom. The third kappa shape index (κ3) is 3.33. The summed E-state index contributed by atoms with van der Waals surface area (Å²) in [6.07, 6.45) is 0.873. The van der Waals surface area contributed by atoms with E-state index in [0.717, 1.165) is 13.0 Å². The lowest BCUT2D eigenvalue weighted by Crippen LogP contribution is -2.45. The number of nitrogens with two attached hydrogens (primary N) is 1. The van der Waals surface area contributed by atoms with E-state index in [1.807, 2.05) is 0 Å². The Morgan fingerprint density at radius 1 is 1.50 bits per heavy atom. The van der Waals surface area contributed by atoms with Crippen LogP contribution in [0.3, 0.4) is 0 Å². The molecule has 0 bridgehead atoms. The van der Waals surface area contributed by atoms with Crippen molar-refractivity contribution in [3.63, 3.8) is 0 Å². The van der Waals surface area contributed by atoms with Crippen LogP contribution in [0.4, 0.5) is 0 Å². The van der Waals surface area contributed by atoms with Crippen molar-refractivity contribution in [1.29, 1.82) is 0 Å². The molecule has 5 heteroatoms. The Balaban J connectivity index is 2.32. The van der Waals surface area contributed by atoms with Gasteiger partial charge in [0.25, 0.3) is 0 Å². The minimum Gasteiger partial charge on any atom is -0.368 e. The number of carbonyl (C=O) groups excluding carboxylic acids is 2. The van der Waals surface area contributed by atoms with Gasteiger partial charge in [-0.2, -0.15) is 0 Å². The van der Waals surface area contributed by atoms with E-state index in [9.17, 15) is 9.59 Å². The predicted molar refractivity (Wildman–Crippen MR) is 52.3 cm³/mol. The zero-order valence-electron chi connectivity index (χ0n) is 8.38. The third-order valence-electron chi connectivity index (χ3n) is 2.38. The van der Waals surface area contributed by atoms with Crippen molar-refractivity contribution in [2.45, 2.75) is 13.3 Å². The highest BCUT2D eigenvalue weighted by molar-refractivity contribution is 5.85. The van der Waals surface area contributed by atoms with E-state index >= 15 is 0 Å². The van der Waals surface area contributed by atoms with Gasteiger partial charge in [0.1, 0.15) is 0 Å². The molecule has 1 heterocycles. The second-order valence-electron chi connectivity index (χ2n) is 3.88. The standard InChI is InChI=1S/C9H17N3O2/c1-6-2-7(4-11-3-6)9(14)12-5-8(10)13/h6-7,11H,2-5H2,1H3,(H2,10,13)(H,12,14). The molecule has 0 spiro atoms. The highest BCUT2D eigenvalue weighted by Crippen LogP contribution is 2.15. The highest BCUT2D eigenvalue weighted by atomic mass is 16.2. The summed E-state index contributed by atoms with van der Waals surface area (Å²) >= 11 is 0. The summed E-state index contributed by atoms with van der Waals surface area (Å²) in [7, 11) is 0. The number of hydrogen-bond acceptors (Lipinski definition) is 3. The minimum absolute atomic E-state index is 0.0295. The van der Waals surface area contributed by atoms with Gasteiger partial charge in [0, 0.05) is 6.54 Å². The number of nitrogens with one attached hydrogen (secondary N) is 2. The number of hydrogen-bond donors (Lipinski definition) is 3. The zero-order chi connectivity index (χ0) is 10.6. The smallest absolute Gasteiger partial charge is 0.236 e. The fourth-order valence-corrected chi connectivity index (χ4v) is 1.67. The molecule has 0 radical (unpaired) electrons. The molecule has 2 atom stereocenters. The average molecular weight is 199 g/mol. The fraction of sp³-hybridized carbons (Fsp3) is 0.778. The topological polar surface area (TPSA) is 84.2 Å². The molecule has 1 rings (SSSR count). The summed E-state index contributed by atoms with van der Waals surface area (Å²) in [5, 5.41) is 5.70. The van der Waals surface area contributed by atoms with Gasteiger partial charge in [-0.15, -0.1) is 0 Å². The van der Waals surface area contributed by atoms with Crippen LogP contribution in [-0.4, -0.2) is 31.4 Å². The van der Waals surface area contributed by atoms with Gasteiger partial charge in [-0.3, -0.25) is 9.59 Å². The summed E-state index contributed by atoms with van der Waals surface area (Å²) in [5.74, 6) is -0.107. The van der Waals surface area contributed by atoms with Gasteiger partial charge in [0.15, 0.2) is 0 Å². The molecule has 2 unspecified atom stereocenters. The van der Waals surface area contributed by atoms with Gasteiger partial charge in [-0.05, 0) is 18.9 Å². The molecular weight excluding hydrogens is 182 g/mol. The first-order valence-electron chi connectivity index (χ1n) is 4.86. The largest absolute Gasteiger partial charge is 0.368 e. The second kappa shape index (κ2) is 4.95. The maximum absolute atomic E-state index is 11.5. The summed E-state index contributed by atoms with van der Waals surface area (Å²) < 4.78 is 0. The summed E-state index contributed by atoms with van der Waals surface area (Å²) in [5.41, 5.74) is 4.93. The van der Waals surface area contributed by atoms with E-state index in [2.05, 4.69) is 17.6 Å². The van der Waals surface area contributed by atoms with Gasteiger partial charge in [-0.1, -0.05) is 6.92 Å². The lowest BCUT2D eigenvalue weighted by Gasteiger charge is -2.26. The molecular formula is C9H17N3O2. The summed E-state index contributed by atoms with van der Waals surface area (Å²) in [6, 6.07) is 0. The molecule has 2 amide bonds. The molecule has 5 nitrogen and oxygen atoms in total. The van der Waals surface area contributed by atoms with Crippen LogP contribution < -0.4 is 16.4 Å². The van der Waals surface area contributed by atoms with Crippen molar-refractivity contribution < 1.29 is 9.59 Å². The predicted octanol–water partition coefficient (Wildman–Crippen LogP) is -1.17. The molecule has 0 saturated carbocycles. The Kier molecular flexibility index (Phi) is 3.88. The van der Waals surface area contributed by atoms with Crippen LogP contribution in [0.2, 0.25) is 0 Å². The van der Waals surface area contributed by atoms with Crippen LogP contribution in [0.5, 0.6) is 0 Å². The summed E-state index contributed by atoms with van der Waals surface area (Å²) in [6.45, 7) is 3.68. The summed E-state index contributed by atoms with van der Waals surface area (Å²) in [4.78, 5) is 21.9. The highest BCUT2D eigenvalue weighted by Gasteiger charge is 2.24. The van der Waals surface area contributed by atoms with E-state index in [4.69, 9.17) is 5.73 Å². The second-order valence-corrected chi connectivity index (χ2v) is 3.88. The van der Waals surface area contributed by atoms with Crippen LogP contribution in [-0.2, 0) is 9.59 Å². The normalized spacial score (nSPS) is 26.9. The third-order valence-corrected chi connectivity index (χ3v) is 2.38. The van der Waals surface area contributed by atoms with Gasteiger partial charge in [0.05, 0.1) is 12.5 Å². The number of rotatable bonds is 3. The molecule has 4 N–H and O–H groups in total. The molecule has 80 valence electrons. The lowest BCUT2D eigenvalue weighted by molar-refractivity contribution is -0.128. The van der Waals surface area contributed by atoms with Crippen LogP contribution in [0.1, 0.15) is 13.3 Å². The number of primary amides is 1. The fourth-order valence-electron chi connectivity index (χ4n) is 1.67. The monoisotopic (exact) mass is 199 g/mol. The van der Waals surface area contributed by atoms with E-state index < -0.39 is 5.91 Å². The minimum atomic E-state index is -0.504. The van der Waals surface area contributed by atoms with Gasteiger partial charge in [-0.25, -0.2) is 0 Å². The lowest BCUT2D eigenvalue weighted by atomic mass is 9.91. The zero-order valence-corrected chi connectivity index (χ0v) is 8.38. The molecule has 0 aromatic rings. The first kappa shape index (κ1) is 11.0. The van der Waals surface area contributed by atoms with Crippen LogP contribution in [0.25, 0.3) is 0 Å². The van der Waals surface area contributed by atoms with E-state index in [1.54, 1.807) is 0 Å². The number of piperidine rings is 1. The van der Waals surface area contributed by atoms with E-state index in [-0.39, 0.29) is 18.4 Å². The maximum Gasteiger partial charge on any atom is 0.236 e. The van der Waals surface area contributed by atoms with Crippen molar-refractivity contribution in [2.24, 2.45) is 17.6 Å². The van der Waals surface area contributed by atoms with Crippen LogP contribution >= 0.6 is 0 Å². The van der Waals surface area contributed by atoms with Crippen molar-refractivity contribution in [2.75, 3.05) is 19.6 Å². The maximum atomic E-state index is 11.5. The Morgan fingerprint density at radius 2 is 2.21 bits per heavy atom. The van der Waals surface area contributed by atoms with Crippen LogP contribution in [0.15, 0.2) is 0 Å². The van der Waals surface area contributed by atoms with Gasteiger partial charge in [0.2, 0.25) is 11.8 Å². The van der Waals surface area contributed by atoms with Crippen LogP contribution in [0, 0.1) is 11.8 Å². The first-order chi connectivity index (χ1) is 6.59. The van der Waals surface area contributed by atoms with Crippen molar-refractivity contribution in [3.8, 4) is 0 Å². The number of carbonyl (C=O) groups is 2. The molecule has 14 heavy (non-hydrogen) atoms. The van der Waals surface area contributed by atoms with Gasteiger partial charge >= 0.3 is 0 Å².